The quantitative estimate of drug-likeness (QED) is 0.808. The molecule has 0 radical (unpaired) electrons. The SMILES string of the molecule is CNc1cc(OC(C)CC(C)C)ncn1. The lowest BCUT2D eigenvalue weighted by molar-refractivity contribution is 0.185. The first kappa shape index (κ1) is 11.8. The van der Waals surface area contributed by atoms with Crippen molar-refractivity contribution < 1.29 is 4.74 Å². The molecule has 1 N–H and O–H groups in total. The van der Waals surface area contributed by atoms with Crippen LogP contribution in [0.1, 0.15) is 27.2 Å². The Bertz CT molecular complexity index is 302. The van der Waals surface area contributed by atoms with Gasteiger partial charge in [0.25, 0.3) is 0 Å². The summed E-state index contributed by atoms with van der Waals surface area (Å²) >= 11 is 0. The van der Waals surface area contributed by atoms with Crippen molar-refractivity contribution in [2.75, 3.05) is 12.4 Å². The molecule has 1 rings (SSSR count). The molecule has 0 aliphatic rings. The van der Waals surface area contributed by atoms with Crippen molar-refractivity contribution in [2.45, 2.75) is 33.3 Å². The summed E-state index contributed by atoms with van der Waals surface area (Å²) in [4.78, 5) is 8.09. The molecule has 0 saturated carbocycles. The number of anilines is 1. The summed E-state index contributed by atoms with van der Waals surface area (Å²) in [6.45, 7) is 6.42. The van der Waals surface area contributed by atoms with Crippen LogP contribution < -0.4 is 10.1 Å². The number of ether oxygens (including phenoxy) is 1. The minimum atomic E-state index is 0.185. The van der Waals surface area contributed by atoms with Crippen molar-refractivity contribution >= 4 is 5.82 Å². The number of nitrogens with one attached hydrogen (secondary N) is 1. The Kier molecular flexibility index (Phi) is 4.34. The Morgan fingerprint density at radius 2 is 2.07 bits per heavy atom. The van der Waals surface area contributed by atoms with Crippen molar-refractivity contribution in [1.29, 1.82) is 0 Å². The van der Waals surface area contributed by atoms with Crippen LogP contribution in [0.2, 0.25) is 0 Å². The molecule has 15 heavy (non-hydrogen) atoms. The second kappa shape index (κ2) is 5.53. The summed E-state index contributed by atoms with van der Waals surface area (Å²) < 4.78 is 5.68. The average molecular weight is 209 g/mol. The summed E-state index contributed by atoms with van der Waals surface area (Å²) in [7, 11) is 1.82. The van der Waals surface area contributed by atoms with Crippen LogP contribution in [0.3, 0.4) is 0 Å². The van der Waals surface area contributed by atoms with Gasteiger partial charge in [0.1, 0.15) is 12.1 Å². The third kappa shape index (κ3) is 4.14. The minimum absolute atomic E-state index is 0.185. The van der Waals surface area contributed by atoms with E-state index in [1.165, 1.54) is 6.33 Å². The molecule has 0 saturated heterocycles. The normalized spacial score (nSPS) is 12.6. The lowest BCUT2D eigenvalue weighted by Gasteiger charge is -2.15. The molecular formula is C11H19N3O. The summed E-state index contributed by atoms with van der Waals surface area (Å²) in [5, 5.41) is 2.95. The Balaban J connectivity index is 2.55. The van der Waals surface area contributed by atoms with Gasteiger partial charge in [-0.1, -0.05) is 13.8 Å². The molecule has 1 atom stereocenters. The van der Waals surface area contributed by atoms with E-state index in [1.807, 2.05) is 7.05 Å². The Morgan fingerprint density at radius 3 is 2.67 bits per heavy atom. The monoisotopic (exact) mass is 209 g/mol. The molecule has 0 aromatic carbocycles. The van der Waals surface area contributed by atoms with Crippen LogP contribution in [-0.4, -0.2) is 23.1 Å². The third-order valence-electron chi connectivity index (χ3n) is 2.02. The van der Waals surface area contributed by atoms with Gasteiger partial charge < -0.3 is 10.1 Å². The number of rotatable bonds is 5. The Morgan fingerprint density at radius 1 is 1.33 bits per heavy atom. The van der Waals surface area contributed by atoms with Gasteiger partial charge in [-0.3, -0.25) is 0 Å². The van der Waals surface area contributed by atoms with Crippen molar-refractivity contribution in [3.05, 3.63) is 12.4 Å². The lowest BCUT2D eigenvalue weighted by atomic mass is 10.1. The smallest absolute Gasteiger partial charge is 0.218 e. The van der Waals surface area contributed by atoms with Crippen molar-refractivity contribution in [3.8, 4) is 5.88 Å². The highest BCUT2D eigenvalue weighted by molar-refractivity contribution is 5.35. The van der Waals surface area contributed by atoms with E-state index in [2.05, 4.69) is 36.1 Å². The second-order valence-corrected chi connectivity index (χ2v) is 4.05. The molecule has 84 valence electrons. The van der Waals surface area contributed by atoms with Crippen LogP contribution in [0.5, 0.6) is 5.88 Å². The molecule has 1 unspecified atom stereocenters. The third-order valence-corrected chi connectivity index (χ3v) is 2.02. The number of nitrogens with zero attached hydrogens (tertiary/aromatic N) is 2. The summed E-state index contributed by atoms with van der Waals surface area (Å²) in [6, 6.07) is 1.80. The maximum atomic E-state index is 5.68. The fourth-order valence-electron chi connectivity index (χ4n) is 1.46. The maximum absolute atomic E-state index is 5.68. The first-order valence-electron chi connectivity index (χ1n) is 5.28. The van der Waals surface area contributed by atoms with Crippen LogP contribution in [0.4, 0.5) is 5.82 Å². The van der Waals surface area contributed by atoms with E-state index in [4.69, 9.17) is 4.74 Å². The van der Waals surface area contributed by atoms with Gasteiger partial charge >= 0.3 is 0 Å². The molecule has 0 aliphatic heterocycles. The van der Waals surface area contributed by atoms with E-state index in [0.717, 1.165) is 12.2 Å². The van der Waals surface area contributed by atoms with Gasteiger partial charge in [-0.15, -0.1) is 0 Å². The molecular weight excluding hydrogens is 190 g/mol. The fraction of sp³-hybridized carbons (Fsp3) is 0.636. The van der Waals surface area contributed by atoms with Crippen LogP contribution in [-0.2, 0) is 0 Å². The highest BCUT2D eigenvalue weighted by atomic mass is 16.5. The summed E-state index contributed by atoms with van der Waals surface area (Å²) in [5.74, 6) is 2.03. The molecule has 1 aromatic rings. The van der Waals surface area contributed by atoms with E-state index >= 15 is 0 Å². The zero-order valence-corrected chi connectivity index (χ0v) is 9.82. The summed E-state index contributed by atoms with van der Waals surface area (Å²) in [6.07, 6.45) is 2.71. The van der Waals surface area contributed by atoms with E-state index in [9.17, 15) is 0 Å². The van der Waals surface area contributed by atoms with Gasteiger partial charge in [-0.25, -0.2) is 9.97 Å². The number of hydrogen-bond acceptors (Lipinski definition) is 4. The molecule has 4 nitrogen and oxygen atoms in total. The highest BCUT2D eigenvalue weighted by Gasteiger charge is 2.07. The van der Waals surface area contributed by atoms with Gasteiger partial charge in [-0.2, -0.15) is 0 Å². The largest absolute Gasteiger partial charge is 0.475 e. The Labute approximate surface area is 91.1 Å². The van der Waals surface area contributed by atoms with Gasteiger partial charge in [0, 0.05) is 13.1 Å². The molecule has 1 aromatic heterocycles. The first-order chi connectivity index (χ1) is 7.11. The fourth-order valence-corrected chi connectivity index (χ4v) is 1.46. The van der Waals surface area contributed by atoms with Crippen LogP contribution in [0, 0.1) is 5.92 Å². The van der Waals surface area contributed by atoms with Gasteiger partial charge in [0.2, 0.25) is 5.88 Å². The Hall–Kier alpha value is -1.32. The molecule has 0 aliphatic carbocycles. The van der Waals surface area contributed by atoms with Crippen molar-refractivity contribution in [3.63, 3.8) is 0 Å². The molecule has 0 bridgehead atoms. The van der Waals surface area contributed by atoms with Gasteiger partial charge in [0.15, 0.2) is 0 Å². The average Bonchev–Trinajstić information content (AvgIpc) is 2.16. The predicted octanol–water partition coefficient (Wildman–Crippen LogP) is 2.33. The van der Waals surface area contributed by atoms with E-state index in [1.54, 1.807) is 6.07 Å². The van der Waals surface area contributed by atoms with E-state index < -0.39 is 0 Å². The zero-order chi connectivity index (χ0) is 11.3. The minimum Gasteiger partial charge on any atom is -0.475 e. The topological polar surface area (TPSA) is 47.0 Å². The van der Waals surface area contributed by atoms with Crippen LogP contribution in [0.25, 0.3) is 0 Å². The zero-order valence-electron chi connectivity index (χ0n) is 9.82. The van der Waals surface area contributed by atoms with E-state index in [-0.39, 0.29) is 6.10 Å². The van der Waals surface area contributed by atoms with Crippen molar-refractivity contribution in [1.82, 2.24) is 9.97 Å². The number of aromatic nitrogens is 2. The summed E-state index contributed by atoms with van der Waals surface area (Å²) in [5.41, 5.74) is 0. The van der Waals surface area contributed by atoms with Gasteiger partial charge in [-0.05, 0) is 19.3 Å². The van der Waals surface area contributed by atoms with Gasteiger partial charge in [0.05, 0.1) is 6.10 Å². The number of hydrogen-bond donors (Lipinski definition) is 1. The maximum Gasteiger partial charge on any atom is 0.218 e. The molecule has 0 fully saturated rings. The standard InChI is InChI=1S/C11H19N3O/c1-8(2)5-9(3)15-11-6-10(12-4)13-7-14-11/h6-9H,5H2,1-4H3,(H,12,13,14). The molecule has 0 spiro atoms. The second-order valence-electron chi connectivity index (χ2n) is 4.05. The highest BCUT2D eigenvalue weighted by Crippen LogP contribution is 2.15. The van der Waals surface area contributed by atoms with Crippen LogP contribution in [0.15, 0.2) is 12.4 Å². The molecule has 4 heteroatoms. The lowest BCUT2D eigenvalue weighted by Crippen LogP contribution is -2.15. The first-order valence-corrected chi connectivity index (χ1v) is 5.28. The van der Waals surface area contributed by atoms with E-state index in [0.29, 0.717) is 11.8 Å². The predicted molar refractivity (Wildman–Crippen MR) is 61.1 cm³/mol. The van der Waals surface area contributed by atoms with Crippen molar-refractivity contribution in [2.24, 2.45) is 5.92 Å². The molecule has 0 amide bonds. The van der Waals surface area contributed by atoms with Crippen LogP contribution >= 0.6 is 0 Å². The molecule has 1 heterocycles.